The van der Waals surface area contributed by atoms with Gasteiger partial charge in [-0.1, -0.05) is 20.8 Å². The van der Waals surface area contributed by atoms with Crippen molar-refractivity contribution in [3.05, 3.63) is 0 Å². The van der Waals surface area contributed by atoms with Crippen LogP contribution in [0.1, 0.15) is 20.8 Å². The average Bonchev–Trinajstić information content (AvgIpc) is 2.11. The molecule has 0 saturated heterocycles. The van der Waals surface area contributed by atoms with Crippen molar-refractivity contribution in [2.24, 2.45) is 5.41 Å². The number of likely N-dealkylation sites (N-methyl/N-ethyl adjacent to an activating group) is 1. The third-order valence-corrected chi connectivity index (χ3v) is 2.16. The van der Waals surface area contributed by atoms with E-state index in [9.17, 15) is 9.59 Å². The van der Waals surface area contributed by atoms with E-state index < -0.39 is 23.5 Å². The van der Waals surface area contributed by atoms with Crippen LogP contribution in [0.4, 0.5) is 4.79 Å². The van der Waals surface area contributed by atoms with Crippen molar-refractivity contribution in [2.45, 2.75) is 26.8 Å². The molecule has 94 valence electrons. The summed E-state index contributed by atoms with van der Waals surface area (Å²) in [5, 5.41) is 20.1. The van der Waals surface area contributed by atoms with E-state index in [2.05, 4.69) is 5.32 Å². The second-order valence-electron chi connectivity index (χ2n) is 4.73. The number of aliphatic carboxylic acids is 1. The van der Waals surface area contributed by atoms with E-state index in [1.165, 1.54) is 11.9 Å². The van der Waals surface area contributed by atoms with Crippen LogP contribution in [0.15, 0.2) is 0 Å². The first-order valence-corrected chi connectivity index (χ1v) is 5.05. The minimum absolute atomic E-state index is 0.156. The number of carboxylic acids is 1. The second-order valence-corrected chi connectivity index (χ2v) is 4.73. The van der Waals surface area contributed by atoms with Crippen molar-refractivity contribution in [2.75, 3.05) is 20.2 Å². The summed E-state index contributed by atoms with van der Waals surface area (Å²) in [6.45, 7) is 5.22. The van der Waals surface area contributed by atoms with Crippen molar-refractivity contribution in [1.82, 2.24) is 10.2 Å². The molecule has 16 heavy (non-hydrogen) atoms. The number of hydrogen-bond acceptors (Lipinski definition) is 3. The Balaban J connectivity index is 4.54. The van der Waals surface area contributed by atoms with E-state index in [1.807, 2.05) is 0 Å². The molecule has 1 atom stereocenters. The number of aliphatic hydroxyl groups is 1. The minimum atomic E-state index is -1.07. The van der Waals surface area contributed by atoms with Crippen LogP contribution >= 0.6 is 0 Å². The summed E-state index contributed by atoms with van der Waals surface area (Å²) >= 11 is 0. The van der Waals surface area contributed by atoms with Gasteiger partial charge in [-0.15, -0.1) is 0 Å². The zero-order valence-electron chi connectivity index (χ0n) is 10.1. The maximum Gasteiger partial charge on any atom is 0.326 e. The summed E-state index contributed by atoms with van der Waals surface area (Å²) in [6, 6.07) is -1.46. The Bertz CT molecular complexity index is 260. The molecular weight excluding hydrogens is 212 g/mol. The van der Waals surface area contributed by atoms with Gasteiger partial charge in [0.15, 0.2) is 0 Å². The zero-order chi connectivity index (χ0) is 12.9. The molecule has 3 N–H and O–H groups in total. The molecule has 0 aliphatic rings. The highest BCUT2D eigenvalue weighted by Gasteiger charge is 2.33. The number of nitrogens with one attached hydrogen (secondary N) is 1. The largest absolute Gasteiger partial charge is 0.480 e. The van der Waals surface area contributed by atoms with E-state index in [4.69, 9.17) is 10.2 Å². The molecule has 6 nitrogen and oxygen atoms in total. The Kier molecular flexibility index (Phi) is 5.23. The van der Waals surface area contributed by atoms with Crippen LogP contribution < -0.4 is 5.32 Å². The van der Waals surface area contributed by atoms with Crippen LogP contribution in [0.25, 0.3) is 0 Å². The maximum atomic E-state index is 11.5. The lowest BCUT2D eigenvalue weighted by Gasteiger charge is -2.29. The fourth-order valence-electron chi connectivity index (χ4n) is 1.13. The highest BCUT2D eigenvalue weighted by molar-refractivity contribution is 5.83. The Labute approximate surface area is 95.2 Å². The topological polar surface area (TPSA) is 89.9 Å². The summed E-state index contributed by atoms with van der Waals surface area (Å²) in [4.78, 5) is 23.8. The summed E-state index contributed by atoms with van der Waals surface area (Å²) in [7, 11) is 1.49. The van der Waals surface area contributed by atoms with Crippen LogP contribution in [0.2, 0.25) is 0 Å². The Morgan fingerprint density at radius 1 is 1.38 bits per heavy atom. The summed E-state index contributed by atoms with van der Waals surface area (Å²) in [5.41, 5.74) is -0.568. The fraction of sp³-hybridized carbons (Fsp3) is 0.800. The summed E-state index contributed by atoms with van der Waals surface area (Å²) in [6.07, 6.45) is 0. The molecule has 0 aromatic heterocycles. The number of aliphatic hydroxyl groups excluding tert-OH is 1. The van der Waals surface area contributed by atoms with Crippen molar-refractivity contribution in [1.29, 1.82) is 0 Å². The first-order chi connectivity index (χ1) is 7.20. The highest BCUT2D eigenvalue weighted by Crippen LogP contribution is 2.19. The lowest BCUT2D eigenvalue weighted by Crippen LogP contribution is -2.52. The number of amides is 2. The fourth-order valence-corrected chi connectivity index (χ4v) is 1.13. The molecule has 0 aromatic rings. The summed E-state index contributed by atoms with van der Waals surface area (Å²) < 4.78 is 0. The Morgan fingerprint density at radius 2 is 1.88 bits per heavy atom. The smallest absolute Gasteiger partial charge is 0.326 e. The molecule has 0 aromatic carbocycles. The third kappa shape index (κ3) is 4.48. The van der Waals surface area contributed by atoms with Crippen molar-refractivity contribution in [3.8, 4) is 0 Å². The molecule has 0 radical (unpaired) electrons. The van der Waals surface area contributed by atoms with E-state index in [0.717, 1.165) is 0 Å². The van der Waals surface area contributed by atoms with Gasteiger partial charge in [0, 0.05) is 13.6 Å². The predicted molar refractivity (Wildman–Crippen MR) is 59.1 cm³/mol. The number of hydrogen-bond donors (Lipinski definition) is 3. The lowest BCUT2D eigenvalue weighted by atomic mass is 9.87. The van der Waals surface area contributed by atoms with Crippen LogP contribution in [0, 0.1) is 5.41 Å². The average molecular weight is 232 g/mol. The van der Waals surface area contributed by atoms with E-state index >= 15 is 0 Å². The molecule has 0 aliphatic carbocycles. The van der Waals surface area contributed by atoms with Crippen LogP contribution in [0.3, 0.4) is 0 Å². The molecular formula is C10H20N2O4. The number of nitrogens with zero attached hydrogens (tertiary/aromatic N) is 1. The first-order valence-electron chi connectivity index (χ1n) is 5.05. The third-order valence-electron chi connectivity index (χ3n) is 2.16. The molecule has 0 fully saturated rings. The standard InChI is InChI=1S/C10H20N2O4/c1-10(2,3)7(8(14)15)11-9(16)12(4)5-6-13/h7,13H,5-6H2,1-4H3,(H,11,16)(H,14,15). The van der Waals surface area contributed by atoms with Gasteiger partial charge < -0.3 is 20.4 Å². The predicted octanol–water partition coefficient (Wildman–Crippen LogP) is 0.119. The van der Waals surface area contributed by atoms with Gasteiger partial charge >= 0.3 is 12.0 Å². The maximum absolute atomic E-state index is 11.5. The van der Waals surface area contributed by atoms with Gasteiger partial charge in [-0.2, -0.15) is 0 Å². The van der Waals surface area contributed by atoms with Crippen LogP contribution in [0.5, 0.6) is 0 Å². The van der Waals surface area contributed by atoms with Crippen LogP contribution in [-0.2, 0) is 4.79 Å². The van der Waals surface area contributed by atoms with Gasteiger partial charge in [0.2, 0.25) is 0 Å². The Hall–Kier alpha value is -1.30. The Morgan fingerprint density at radius 3 is 2.19 bits per heavy atom. The number of rotatable bonds is 4. The minimum Gasteiger partial charge on any atom is -0.480 e. The normalized spacial score (nSPS) is 13.1. The molecule has 2 amide bonds. The van der Waals surface area contributed by atoms with Crippen molar-refractivity contribution < 1.29 is 19.8 Å². The molecule has 0 aliphatic heterocycles. The number of carbonyl (C=O) groups is 2. The first kappa shape index (κ1) is 14.7. The quantitative estimate of drug-likeness (QED) is 0.642. The van der Waals surface area contributed by atoms with Gasteiger partial charge in [-0.25, -0.2) is 9.59 Å². The van der Waals surface area contributed by atoms with Gasteiger partial charge in [-0.05, 0) is 5.41 Å². The van der Waals surface area contributed by atoms with E-state index in [-0.39, 0.29) is 13.2 Å². The van der Waals surface area contributed by atoms with E-state index in [0.29, 0.717) is 0 Å². The number of carbonyl (C=O) groups excluding carboxylic acids is 1. The van der Waals surface area contributed by atoms with Crippen molar-refractivity contribution in [3.63, 3.8) is 0 Å². The van der Waals surface area contributed by atoms with Gasteiger partial charge in [-0.3, -0.25) is 0 Å². The van der Waals surface area contributed by atoms with Crippen molar-refractivity contribution >= 4 is 12.0 Å². The lowest BCUT2D eigenvalue weighted by molar-refractivity contribution is -0.142. The monoisotopic (exact) mass is 232 g/mol. The molecule has 1 unspecified atom stereocenters. The number of urea groups is 1. The highest BCUT2D eigenvalue weighted by atomic mass is 16.4. The SMILES string of the molecule is CN(CCO)C(=O)NC(C(=O)O)C(C)(C)C. The van der Waals surface area contributed by atoms with Gasteiger partial charge in [0.05, 0.1) is 6.61 Å². The molecule has 0 rings (SSSR count). The van der Waals surface area contributed by atoms with Gasteiger partial charge in [0.25, 0.3) is 0 Å². The van der Waals surface area contributed by atoms with Crippen LogP contribution in [-0.4, -0.2) is 53.4 Å². The number of carboxylic acid groups (broad SMARTS) is 1. The summed E-state index contributed by atoms with van der Waals surface area (Å²) in [5.74, 6) is -1.07. The van der Waals surface area contributed by atoms with Gasteiger partial charge in [0.1, 0.15) is 6.04 Å². The molecule has 0 bridgehead atoms. The molecule has 0 saturated carbocycles. The van der Waals surface area contributed by atoms with E-state index in [1.54, 1.807) is 20.8 Å². The molecule has 6 heteroatoms. The second kappa shape index (κ2) is 5.69. The zero-order valence-corrected chi connectivity index (χ0v) is 10.1. The molecule has 0 spiro atoms. The molecule has 0 heterocycles.